The van der Waals surface area contributed by atoms with Gasteiger partial charge >= 0.3 is 6.09 Å². The van der Waals surface area contributed by atoms with Crippen LogP contribution >= 0.6 is 11.3 Å². The molecule has 2 N–H and O–H groups in total. The highest BCUT2D eigenvalue weighted by Gasteiger charge is 2.47. The zero-order valence-electron chi connectivity index (χ0n) is 38.9. The Balaban J connectivity index is 0.864. The fourth-order valence-electron chi connectivity index (χ4n) is 8.97. The first-order chi connectivity index (χ1) is 34.0. The Kier molecular flexibility index (Phi) is 14.6. The van der Waals surface area contributed by atoms with Gasteiger partial charge in [-0.25, -0.2) is 19.7 Å². The number of amides is 4. The minimum atomic E-state index is -0.907. The van der Waals surface area contributed by atoms with Crippen molar-refractivity contribution in [2.45, 2.75) is 76.5 Å². The summed E-state index contributed by atoms with van der Waals surface area (Å²) in [7, 11) is 3.16. The van der Waals surface area contributed by atoms with Crippen LogP contribution in [0.25, 0.3) is 10.2 Å². The van der Waals surface area contributed by atoms with E-state index < -0.39 is 24.7 Å². The second-order valence-corrected chi connectivity index (χ2v) is 18.4. The maximum Gasteiger partial charge on any atom is 0.416 e. The molecule has 2 aromatic heterocycles. The van der Waals surface area contributed by atoms with E-state index in [0.29, 0.717) is 53.3 Å². The van der Waals surface area contributed by atoms with Gasteiger partial charge in [0.15, 0.2) is 35.7 Å². The molecule has 0 spiro atoms. The van der Waals surface area contributed by atoms with Gasteiger partial charge in [-0.2, -0.15) is 0 Å². The molecule has 2 unspecified atom stereocenters. The Morgan fingerprint density at radius 3 is 2.53 bits per heavy atom. The second kappa shape index (κ2) is 21.5. The molecule has 18 heteroatoms. The number of carbonyl (C=O) groups is 5. The average molecular weight is 968 g/mol. The molecule has 2 saturated heterocycles. The first-order valence-electron chi connectivity index (χ1n) is 23.2. The molecule has 0 saturated carbocycles. The molecule has 0 radical (unpaired) electrons. The summed E-state index contributed by atoms with van der Waals surface area (Å²) in [6, 6.07) is 24.5. The van der Waals surface area contributed by atoms with E-state index in [9.17, 15) is 24.0 Å². The third kappa shape index (κ3) is 10.7. The number of aromatic nitrogens is 3. The molecule has 4 aromatic carbocycles. The van der Waals surface area contributed by atoms with Crippen molar-refractivity contribution in [3.63, 3.8) is 0 Å². The van der Waals surface area contributed by atoms with Crippen LogP contribution in [0.4, 0.5) is 22.0 Å². The van der Waals surface area contributed by atoms with Crippen LogP contribution in [0.2, 0.25) is 0 Å². The molecule has 17 nitrogen and oxygen atoms in total. The molecule has 6 aromatic rings. The van der Waals surface area contributed by atoms with E-state index in [1.54, 1.807) is 47.0 Å². The molecular formula is C52H53N7O10S. The lowest BCUT2D eigenvalue weighted by Crippen LogP contribution is -2.57. The quantitative estimate of drug-likeness (QED) is 0.0696. The number of fused-ring (bicyclic) bond motifs is 3. The van der Waals surface area contributed by atoms with E-state index in [1.165, 1.54) is 29.4 Å². The van der Waals surface area contributed by atoms with Crippen LogP contribution in [-0.4, -0.2) is 94.5 Å². The van der Waals surface area contributed by atoms with Gasteiger partial charge in [-0.15, -0.1) is 11.3 Å². The minimum Gasteiger partial charge on any atom is -0.493 e. The van der Waals surface area contributed by atoms with Crippen molar-refractivity contribution in [1.29, 1.82) is 0 Å². The van der Waals surface area contributed by atoms with Crippen molar-refractivity contribution in [2.24, 2.45) is 7.05 Å². The summed E-state index contributed by atoms with van der Waals surface area (Å²) in [4.78, 5) is 80.4. The number of Topliss-reactive ketones (excluding diaryl/α,β-unsaturated/α-hetero) is 1. The summed E-state index contributed by atoms with van der Waals surface area (Å²) in [5, 5.41) is 6.25. The van der Waals surface area contributed by atoms with Crippen molar-refractivity contribution in [2.75, 3.05) is 42.4 Å². The van der Waals surface area contributed by atoms with Crippen LogP contribution in [0.5, 0.6) is 11.5 Å². The molecule has 3 atom stereocenters. The maximum atomic E-state index is 14.4. The highest BCUT2D eigenvalue weighted by atomic mass is 32.1. The van der Waals surface area contributed by atoms with Crippen molar-refractivity contribution in [3.05, 3.63) is 137 Å². The number of para-hydroxylation sites is 1. The molecular weight excluding hydrogens is 915 g/mol. The van der Waals surface area contributed by atoms with E-state index in [1.807, 2.05) is 60.7 Å². The number of methoxy groups -OCH3 is 1. The average Bonchev–Trinajstić information content (AvgIpc) is 3.93. The fraction of sp³-hybridized carbons (Fsp3) is 0.327. The predicted octanol–water partition coefficient (Wildman–Crippen LogP) is 8.48. The summed E-state index contributed by atoms with van der Waals surface area (Å²) >= 11 is 1.36. The summed E-state index contributed by atoms with van der Waals surface area (Å²) in [5.74, 6) is -0.211. The highest BCUT2D eigenvalue weighted by molar-refractivity contribution is 7.18. The van der Waals surface area contributed by atoms with E-state index in [-0.39, 0.29) is 84.0 Å². The number of hydrogen-bond acceptors (Lipinski definition) is 13. The van der Waals surface area contributed by atoms with E-state index >= 15 is 0 Å². The Hall–Kier alpha value is -7.41. The van der Waals surface area contributed by atoms with Gasteiger partial charge in [0.2, 0.25) is 11.7 Å². The zero-order valence-corrected chi connectivity index (χ0v) is 39.7. The third-order valence-electron chi connectivity index (χ3n) is 12.3. The number of nitrogens with zero attached hydrogens (tertiary/aromatic N) is 5. The van der Waals surface area contributed by atoms with Gasteiger partial charge in [0.1, 0.15) is 18.2 Å². The number of aryl methyl sites for hydroxylation is 1. The molecule has 0 bridgehead atoms. The van der Waals surface area contributed by atoms with Crippen LogP contribution in [0.3, 0.4) is 0 Å². The van der Waals surface area contributed by atoms with Crippen molar-refractivity contribution < 1.29 is 47.7 Å². The maximum absolute atomic E-state index is 14.4. The van der Waals surface area contributed by atoms with Gasteiger partial charge in [0.05, 0.1) is 47.5 Å². The van der Waals surface area contributed by atoms with Crippen LogP contribution in [-0.2, 0) is 45.5 Å². The molecule has 9 rings (SSSR count). The lowest BCUT2D eigenvalue weighted by Gasteiger charge is -2.42. The first kappa shape index (κ1) is 47.6. The van der Waals surface area contributed by atoms with Gasteiger partial charge < -0.3 is 43.8 Å². The topological polar surface area (TPSA) is 193 Å². The number of carbonyl (C=O) groups excluding carboxylic acids is 5. The summed E-state index contributed by atoms with van der Waals surface area (Å²) < 4.78 is 32.8. The second-order valence-electron chi connectivity index (χ2n) is 17.2. The van der Waals surface area contributed by atoms with Crippen molar-refractivity contribution in [3.8, 4) is 11.5 Å². The molecule has 70 heavy (non-hydrogen) atoms. The molecule has 3 aliphatic heterocycles. The Morgan fingerprint density at radius 2 is 1.73 bits per heavy atom. The number of ether oxygens (including phenoxy) is 5. The van der Waals surface area contributed by atoms with Crippen LogP contribution in [0.15, 0.2) is 104 Å². The largest absolute Gasteiger partial charge is 0.493 e. The molecule has 2 fully saturated rings. The lowest BCUT2D eigenvalue weighted by atomic mass is 10.00. The van der Waals surface area contributed by atoms with Crippen LogP contribution < -0.4 is 25.0 Å². The number of thiazole rings is 1. The number of piperidine rings is 1. The third-order valence-corrected chi connectivity index (χ3v) is 13.3. The van der Waals surface area contributed by atoms with Crippen molar-refractivity contribution >= 4 is 68.3 Å². The van der Waals surface area contributed by atoms with E-state index in [2.05, 4.69) is 27.2 Å². The number of nitrogens with one attached hydrogen (secondary N) is 2. The first-order valence-corrected chi connectivity index (χ1v) is 24.1. The Bertz CT molecular complexity index is 2930. The number of rotatable bonds is 16. The molecule has 3 aliphatic rings. The normalized spacial score (nSPS) is 17.7. The van der Waals surface area contributed by atoms with Crippen LogP contribution in [0, 0.1) is 0 Å². The van der Waals surface area contributed by atoms with Gasteiger partial charge in [0.25, 0.3) is 11.8 Å². The number of hydrogen-bond donors (Lipinski definition) is 2. The molecule has 4 amide bonds. The number of benzene rings is 4. The minimum absolute atomic E-state index is 0.000575. The summed E-state index contributed by atoms with van der Waals surface area (Å²) in [6.45, 7) is 4.74. The summed E-state index contributed by atoms with van der Waals surface area (Å²) in [6.07, 6.45) is 5.62. The summed E-state index contributed by atoms with van der Waals surface area (Å²) in [5.41, 5.74) is 3.67. The Labute approximate surface area is 408 Å². The standard InChI is InChI=1S/C52H53N7O10S/c1-4-22-67-52(64)59-39-28-42(41(65-3)27-36(39)50(63)58-21-10-8-17-38(58)51(59)69-47-18-9-11-23-66-47)68-31-33-14-12-13-32(24-33)25-45(61)55-44-30-57(2)48(56-44)40(60)29-46-54-37-26-34(19-20-43(37)70-46)49(62)53-35-15-6-5-7-16-35/h4-7,12-16,19-20,24,26-28,30,38,47,51H,1,8-11,17-18,21-23,25,29,31H2,2-3H3,(H,53,62)(H,55,61)/t38-,47?,51?/m0/s1. The fourth-order valence-corrected chi connectivity index (χ4v) is 9.92. The molecule has 5 heterocycles. The Morgan fingerprint density at radius 1 is 0.900 bits per heavy atom. The zero-order chi connectivity index (χ0) is 48.7. The predicted molar refractivity (Wildman–Crippen MR) is 263 cm³/mol. The van der Waals surface area contributed by atoms with Gasteiger partial charge in [-0.3, -0.25) is 19.2 Å². The molecule has 362 valence electrons. The van der Waals surface area contributed by atoms with Gasteiger partial charge in [-0.1, -0.05) is 55.1 Å². The highest BCUT2D eigenvalue weighted by Crippen LogP contribution is 2.42. The van der Waals surface area contributed by atoms with E-state index in [4.69, 9.17) is 23.7 Å². The van der Waals surface area contributed by atoms with Crippen molar-refractivity contribution in [1.82, 2.24) is 19.4 Å². The molecule has 0 aliphatic carbocycles. The van der Waals surface area contributed by atoms with E-state index in [0.717, 1.165) is 35.9 Å². The van der Waals surface area contributed by atoms with Crippen LogP contribution in [0.1, 0.15) is 86.0 Å². The van der Waals surface area contributed by atoms with Gasteiger partial charge in [-0.05, 0) is 86.1 Å². The number of anilines is 3. The number of ketones is 1. The number of imidazole rings is 1. The van der Waals surface area contributed by atoms with Gasteiger partial charge in [0, 0.05) is 43.7 Å². The lowest BCUT2D eigenvalue weighted by molar-refractivity contribution is -0.198. The smallest absolute Gasteiger partial charge is 0.416 e. The monoisotopic (exact) mass is 967 g/mol. The SMILES string of the molecule is C=CCOC(=O)N1c2cc(OCc3cccc(CC(=O)Nc4cn(C)c(C(=O)Cc5nc6cc(C(=O)Nc7ccccc7)ccc6s5)n4)c3)c(OC)cc2C(=O)N2CCCC[C@H]2C1OC1CCCCO1.